The molecule has 2 rings (SSSR count). The second-order valence-corrected chi connectivity index (χ2v) is 7.16. The van der Waals surface area contributed by atoms with Gasteiger partial charge in [-0.1, -0.05) is 24.6 Å². The lowest BCUT2D eigenvalue weighted by molar-refractivity contribution is -0.129. The van der Waals surface area contributed by atoms with Gasteiger partial charge < -0.3 is 5.73 Å². The summed E-state index contributed by atoms with van der Waals surface area (Å²) >= 11 is 0. The molecule has 1 amide bonds. The maximum absolute atomic E-state index is 12.8. The fourth-order valence-electron chi connectivity index (χ4n) is 2.38. The topological polar surface area (TPSA) is 76.3 Å². The first-order valence-corrected chi connectivity index (χ1v) is 9.02. The van der Waals surface area contributed by atoms with Gasteiger partial charge in [0.2, 0.25) is 5.91 Å². The minimum atomic E-state index is -1.55. The van der Waals surface area contributed by atoms with E-state index in [1.54, 1.807) is 24.5 Å². The lowest BCUT2D eigenvalue weighted by atomic mass is 10.0. The van der Waals surface area contributed by atoms with Crippen LogP contribution >= 0.6 is 0 Å². The number of carbonyl (C=O) groups excluding carboxylic acids is 1. The standard InChI is InChI=1S/C18H23N3O2S/c1-14-3-5-17(6-4-14)24(23)21(12-9-19)18(22)15(2)13-16-7-10-20-11-8-16/h3-8,10-11,15H,9,12-13,19H2,1-2H3. The van der Waals surface area contributed by atoms with E-state index in [0.717, 1.165) is 11.1 Å². The summed E-state index contributed by atoms with van der Waals surface area (Å²) in [7, 11) is -1.55. The fourth-order valence-corrected chi connectivity index (χ4v) is 3.62. The van der Waals surface area contributed by atoms with Crippen LogP contribution in [-0.4, -0.2) is 32.5 Å². The van der Waals surface area contributed by atoms with Gasteiger partial charge in [-0.05, 0) is 43.2 Å². The van der Waals surface area contributed by atoms with Crippen LogP contribution in [0.3, 0.4) is 0 Å². The average Bonchev–Trinajstić information content (AvgIpc) is 2.60. The number of carbonyl (C=O) groups is 1. The quantitative estimate of drug-likeness (QED) is 0.833. The fraction of sp³-hybridized carbons (Fsp3) is 0.333. The Hall–Kier alpha value is -2.05. The van der Waals surface area contributed by atoms with Gasteiger partial charge in [0, 0.05) is 31.4 Å². The van der Waals surface area contributed by atoms with Crippen molar-refractivity contribution in [1.82, 2.24) is 9.29 Å². The number of amides is 1. The van der Waals surface area contributed by atoms with Crippen molar-refractivity contribution in [2.75, 3.05) is 13.1 Å². The highest BCUT2D eigenvalue weighted by atomic mass is 32.2. The van der Waals surface area contributed by atoms with Gasteiger partial charge in [0.05, 0.1) is 4.90 Å². The Morgan fingerprint density at radius 2 is 1.83 bits per heavy atom. The Bertz CT molecular complexity index is 689. The van der Waals surface area contributed by atoms with Crippen LogP contribution in [0.5, 0.6) is 0 Å². The van der Waals surface area contributed by atoms with Gasteiger partial charge in [-0.3, -0.25) is 14.1 Å². The minimum Gasteiger partial charge on any atom is -0.329 e. The number of benzene rings is 1. The van der Waals surface area contributed by atoms with Crippen molar-refractivity contribution >= 4 is 16.9 Å². The van der Waals surface area contributed by atoms with Crippen molar-refractivity contribution in [3.05, 3.63) is 59.9 Å². The summed E-state index contributed by atoms with van der Waals surface area (Å²) in [5.41, 5.74) is 7.73. The average molecular weight is 345 g/mol. The predicted molar refractivity (Wildman–Crippen MR) is 95.5 cm³/mol. The maximum atomic E-state index is 12.8. The van der Waals surface area contributed by atoms with E-state index >= 15 is 0 Å². The highest BCUT2D eigenvalue weighted by Gasteiger charge is 2.25. The van der Waals surface area contributed by atoms with E-state index in [4.69, 9.17) is 5.73 Å². The Morgan fingerprint density at radius 1 is 1.21 bits per heavy atom. The summed E-state index contributed by atoms with van der Waals surface area (Å²) in [5, 5.41) is 0. The zero-order chi connectivity index (χ0) is 17.5. The molecule has 2 unspecified atom stereocenters. The minimum absolute atomic E-state index is 0.156. The summed E-state index contributed by atoms with van der Waals surface area (Å²) < 4.78 is 14.2. The number of pyridine rings is 1. The third-order valence-corrected chi connectivity index (χ3v) is 5.15. The zero-order valence-corrected chi connectivity index (χ0v) is 14.8. The van der Waals surface area contributed by atoms with Crippen molar-refractivity contribution in [3.63, 3.8) is 0 Å². The molecule has 0 aliphatic heterocycles. The number of rotatable bonds is 7. The van der Waals surface area contributed by atoms with Crippen molar-refractivity contribution < 1.29 is 9.00 Å². The Balaban J connectivity index is 2.14. The summed E-state index contributed by atoms with van der Waals surface area (Å²) in [6, 6.07) is 11.1. The van der Waals surface area contributed by atoms with Gasteiger partial charge in [-0.2, -0.15) is 0 Å². The predicted octanol–water partition coefficient (Wildman–Crippen LogP) is 2.08. The van der Waals surface area contributed by atoms with Gasteiger partial charge in [-0.15, -0.1) is 0 Å². The summed E-state index contributed by atoms with van der Waals surface area (Å²) in [4.78, 5) is 17.4. The van der Waals surface area contributed by atoms with Gasteiger partial charge in [0.1, 0.15) is 0 Å². The second kappa shape index (κ2) is 8.70. The molecule has 1 aromatic carbocycles. The van der Waals surface area contributed by atoms with Crippen LogP contribution in [0, 0.1) is 12.8 Å². The monoisotopic (exact) mass is 345 g/mol. The van der Waals surface area contributed by atoms with Crippen LogP contribution in [0.4, 0.5) is 0 Å². The normalized spacial score (nSPS) is 13.3. The van der Waals surface area contributed by atoms with Crippen molar-refractivity contribution in [3.8, 4) is 0 Å². The van der Waals surface area contributed by atoms with E-state index in [1.165, 1.54) is 4.31 Å². The molecule has 0 aliphatic rings. The van der Waals surface area contributed by atoms with Crippen molar-refractivity contribution in [2.45, 2.75) is 25.2 Å². The smallest absolute Gasteiger partial charge is 0.237 e. The molecule has 1 aromatic heterocycles. The largest absolute Gasteiger partial charge is 0.329 e. The Labute approximate surface area is 145 Å². The molecule has 0 saturated carbocycles. The summed E-state index contributed by atoms with van der Waals surface area (Å²) in [5.74, 6) is -0.440. The van der Waals surface area contributed by atoms with Crippen LogP contribution in [0.15, 0.2) is 53.7 Å². The number of nitrogens with zero attached hydrogens (tertiary/aromatic N) is 2. The number of nitrogens with two attached hydrogens (primary N) is 1. The molecule has 24 heavy (non-hydrogen) atoms. The molecule has 2 N–H and O–H groups in total. The molecule has 128 valence electrons. The van der Waals surface area contributed by atoms with E-state index in [9.17, 15) is 9.00 Å². The maximum Gasteiger partial charge on any atom is 0.237 e. The molecule has 0 spiro atoms. The second-order valence-electron chi connectivity index (χ2n) is 5.75. The number of hydrogen-bond acceptors (Lipinski definition) is 4. The van der Waals surface area contributed by atoms with Crippen LogP contribution < -0.4 is 5.73 Å². The molecule has 2 atom stereocenters. The molecule has 6 heteroatoms. The van der Waals surface area contributed by atoms with E-state index in [0.29, 0.717) is 11.3 Å². The van der Waals surface area contributed by atoms with Gasteiger partial charge in [-0.25, -0.2) is 4.21 Å². The van der Waals surface area contributed by atoms with Crippen LogP contribution in [-0.2, 0) is 22.2 Å². The molecule has 0 bridgehead atoms. The van der Waals surface area contributed by atoms with E-state index in [2.05, 4.69) is 4.98 Å². The molecule has 0 radical (unpaired) electrons. The highest BCUT2D eigenvalue weighted by Crippen LogP contribution is 2.17. The lowest BCUT2D eigenvalue weighted by Gasteiger charge is -2.24. The molecule has 0 fully saturated rings. The molecular weight excluding hydrogens is 322 g/mol. The van der Waals surface area contributed by atoms with Gasteiger partial charge >= 0.3 is 0 Å². The summed E-state index contributed by atoms with van der Waals surface area (Å²) in [6.45, 7) is 4.34. The van der Waals surface area contributed by atoms with E-state index in [1.807, 2.05) is 38.1 Å². The molecule has 0 aliphatic carbocycles. The van der Waals surface area contributed by atoms with E-state index < -0.39 is 11.0 Å². The Morgan fingerprint density at radius 3 is 2.42 bits per heavy atom. The third-order valence-electron chi connectivity index (χ3n) is 3.71. The van der Waals surface area contributed by atoms with Crippen molar-refractivity contribution in [2.24, 2.45) is 11.7 Å². The number of aryl methyl sites for hydroxylation is 1. The van der Waals surface area contributed by atoms with E-state index in [-0.39, 0.29) is 24.9 Å². The third kappa shape index (κ3) is 4.72. The SMILES string of the molecule is Cc1ccc(S(=O)N(CCN)C(=O)C(C)Cc2ccncc2)cc1. The molecular formula is C18H23N3O2S. The molecule has 5 nitrogen and oxygen atoms in total. The molecule has 0 saturated heterocycles. The van der Waals surface area contributed by atoms with Crippen molar-refractivity contribution in [1.29, 1.82) is 0 Å². The van der Waals surface area contributed by atoms with Crippen LogP contribution in [0.25, 0.3) is 0 Å². The number of aromatic nitrogens is 1. The van der Waals surface area contributed by atoms with Crippen LogP contribution in [0.1, 0.15) is 18.1 Å². The van der Waals surface area contributed by atoms with Gasteiger partial charge in [0.25, 0.3) is 0 Å². The molecule has 2 aromatic rings. The first-order chi connectivity index (χ1) is 11.5. The summed E-state index contributed by atoms with van der Waals surface area (Å²) in [6.07, 6.45) is 3.98. The molecule has 1 heterocycles. The highest BCUT2D eigenvalue weighted by molar-refractivity contribution is 7.83. The zero-order valence-electron chi connectivity index (χ0n) is 14.0. The van der Waals surface area contributed by atoms with Crippen LogP contribution in [0.2, 0.25) is 0 Å². The van der Waals surface area contributed by atoms with Gasteiger partial charge in [0.15, 0.2) is 11.0 Å². The Kier molecular flexibility index (Phi) is 6.63. The first-order valence-electron chi connectivity index (χ1n) is 7.92. The number of hydrogen-bond donors (Lipinski definition) is 1. The lowest BCUT2D eigenvalue weighted by Crippen LogP contribution is -2.40. The first kappa shape index (κ1) is 18.3.